The third kappa shape index (κ3) is 1.73. The number of nitrogens with zero attached hydrogens (tertiary/aromatic N) is 2. The molecule has 1 aromatic carbocycles. The highest BCUT2D eigenvalue weighted by Crippen LogP contribution is 2.20. The fourth-order valence-corrected chi connectivity index (χ4v) is 1.27. The lowest BCUT2D eigenvalue weighted by Gasteiger charge is -1.96. The zero-order valence-corrected chi connectivity index (χ0v) is 7.92. The summed E-state index contributed by atoms with van der Waals surface area (Å²) in [5, 5.41) is 4.81. The van der Waals surface area contributed by atoms with Crippen molar-refractivity contribution < 1.29 is 0 Å². The molecule has 0 atom stereocenters. The van der Waals surface area contributed by atoms with E-state index < -0.39 is 0 Å². The number of benzene rings is 1. The minimum Gasteiger partial charge on any atom is -0.239 e. The van der Waals surface area contributed by atoms with E-state index in [1.165, 1.54) is 0 Å². The Morgan fingerprint density at radius 3 is 2.38 bits per heavy atom. The summed E-state index contributed by atoms with van der Waals surface area (Å²) >= 11 is 5.77. The minimum absolute atomic E-state index is 0.736. The summed E-state index contributed by atoms with van der Waals surface area (Å²) in [6.07, 6.45) is 1.76. The van der Waals surface area contributed by atoms with Gasteiger partial charge in [0.2, 0.25) is 0 Å². The van der Waals surface area contributed by atoms with Crippen LogP contribution in [0, 0.1) is 0 Å². The largest absolute Gasteiger partial charge is 0.239 e. The van der Waals surface area contributed by atoms with E-state index in [4.69, 9.17) is 11.6 Å². The standard InChI is InChI=1S/C10H8ClN2/c1-7-12-6-10(13-7)8-2-4-9(11)5-3-8/h2-6H,1H3. The molecule has 13 heavy (non-hydrogen) atoms. The van der Waals surface area contributed by atoms with Gasteiger partial charge in [0.1, 0.15) is 5.84 Å². The van der Waals surface area contributed by atoms with Gasteiger partial charge in [-0.25, -0.2) is 10.3 Å². The van der Waals surface area contributed by atoms with Crippen LogP contribution >= 0.6 is 11.6 Å². The number of rotatable bonds is 1. The molecule has 2 rings (SSSR count). The van der Waals surface area contributed by atoms with Gasteiger partial charge in [0, 0.05) is 10.6 Å². The van der Waals surface area contributed by atoms with E-state index in [0.717, 1.165) is 22.1 Å². The van der Waals surface area contributed by atoms with Gasteiger partial charge in [-0.05, 0) is 19.1 Å². The Morgan fingerprint density at radius 1 is 1.15 bits per heavy atom. The van der Waals surface area contributed by atoms with Crippen molar-refractivity contribution in [3.63, 3.8) is 0 Å². The van der Waals surface area contributed by atoms with Crippen molar-refractivity contribution in [2.75, 3.05) is 0 Å². The Labute approximate surface area is 81.9 Å². The molecule has 0 saturated heterocycles. The first kappa shape index (κ1) is 8.32. The van der Waals surface area contributed by atoms with Crippen molar-refractivity contribution in [1.82, 2.24) is 5.32 Å². The summed E-state index contributed by atoms with van der Waals surface area (Å²) in [5.74, 6) is 0.796. The molecule has 1 aromatic rings. The topological polar surface area (TPSA) is 26.5 Å². The van der Waals surface area contributed by atoms with E-state index in [0.29, 0.717) is 0 Å². The summed E-state index contributed by atoms with van der Waals surface area (Å²) in [6, 6.07) is 7.57. The monoisotopic (exact) mass is 191 g/mol. The first-order valence-electron chi connectivity index (χ1n) is 3.98. The van der Waals surface area contributed by atoms with Gasteiger partial charge in [0.15, 0.2) is 0 Å². The second-order valence-corrected chi connectivity index (χ2v) is 3.25. The Morgan fingerprint density at radius 2 is 1.85 bits per heavy atom. The first-order valence-corrected chi connectivity index (χ1v) is 4.36. The summed E-state index contributed by atoms with van der Waals surface area (Å²) in [5.41, 5.74) is 1.94. The molecule has 1 aliphatic heterocycles. The minimum atomic E-state index is 0.736. The van der Waals surface area contributed by atoms with E-state index in [1.807, 2.05) is 31.2 Å². The van der Waals surface area contributed by atoms with Gasteiger partial charge in [-0.2, -0.15) is 0 Å². The van der Waals surface area contributed by atoms with Crippen molar-refractivity contribution in [3.8, 4) is 0 Å². The van der Waals surface area contributed by atoms with Crippen LogP contribution in [0.3, 0.4) is 0 Å². The molecule has 0 spiro atoms. The number of hydrogen-bond acceptors (Lipinski definition) is 1. The second kappa shape index (κ2) is 3.23. The van der Waals surface area contributed by atoms with Crippen LogP contribution in [0.2, 0.25) is 5.02 Å². The second-order valence-electron chi connectivity index (χ2n) is 2.81. The Bertz CT molecular complexity index is 376. The van der Waals surface area contributed by atoms with Gasteiger partial charge in [-0.1, -0.05) is 23.7 Å². The highest BCUT2D eigenvalue weighted by molar-refractivity contribution is 6.30. The summed E-state index contributed by atoms with van der Waals surface area (Å²) in [7, 11) is 0. The van der Waals surface area contributed by atoms with Gasteiger partial charge >= 0.3 is 0 Å². The summed E-state index contributed by atoms with van der Waals surface area (Å²) in [4.78, 5) is 4.26. The maximum Gasteiger partial charge on any atom is 0.126 e. The Balaban J connectivity index is 2.32. The molecule has 1 heterocycles. The third-order valence-corrected chi connectivity index (χ3v) is 2.05. The molecular weight excluding hydrogens is 184 g/mol. The van der Waals surface area contributed by atoms with Crippen LogP contribution in [0.1, 0.15) is 12.5 Å². The highest BCUT2D eigenvalue weighted by atomic mass is 35.5. The quantitative estimate of drug-likeness (QED) is 0.653. The first-order chi connectivity index (χ1) is 6.25. The fraction of sp³-hybridized carbons (Fsp3) is 0.100. The Hall–Kier alpha value is -1.28. The van der Waals surface area contributed by atoms with E-state index >= 15 is 0 Å². The fourth-order valence-electron chi connectivity index (χ4n) is 1.15. The number of aliphatic imine (C=N–C) groups is 1. The van der Waals surface area contributed by atoms with Crippen molar-refractivity contribution in [1.29, 1.82) is 0 Å². The van der Waals surface area contributed by atoms with Crippen LogP contribution in [0.15, 0.2) is 35.5 Å². The molecule has 0 aliphatic carbocycles. The molecule has 0 unspecified atom stereocenters. The van der Waals surface area contributed by atoms with Gasteiger partial charge in [0.05, 0.1) is 11.9 Å². The van der Waals surface area contributed by atoms with E-state index in [-0.39, 0.29) is 0 Å². The zero-order valence-electron chi connectivity index (χ0n) is 7.16. The average Bonchev–Trinajstić information content (AvgIpc) is 2.53. The normalized spacial score (nSPS) is 14.9. The average molecular weight is 192 g/mol. The van der Waals surface area contributed by atoms with Gasteiger partial charge in [0.25, 0.3) is 0 Å². The molecule has 0 N–H and O–H groups in total. The summed E-state index contributed by atoms with van der Waals surface area (Å²) < 4.78 is 0. The molecule has 0 amide bonds. The van der Waals surface area contributed by atoms with Gasteiger partial charge in [-0.15, -0.1) is 0 Å². The van der Waals surface area contributed by atoms with E-state index in [1.54, 1.807) is 6.20 Å². The molecule has 0 aromatic heterocycles. The predicted octanol–water partition coefficient (Wildman–Crippen LogP) is 2.67. The molecule has 0 bridgehead atoms. The molecule has 1 radical (unpaired) electrons. The van der Waals surface area contributed by atoms with Crippen LogP contribution in [-0.4, -0.2) is 5.84 Å². The van der Waals surface area contributed by atoms with Crippen molar-refractivity contribution in [2.24, 2.45) is 4.99 Å². The van der Waals surface area contributed by atoms with E-state index in [2.05, 4.69) is 10.3 Å². The zero-order chi connectivity index (χ0) is 9.26. The predicted molar refractivity (Wildman–Crippen MR) is 54.7 cm³/mol. The van der Waals surface area contributed by atoms with Gasteiger partial charge < -0.3 is 0 Å². The van der Waals surface area contributed by atoms with Crippen molar-refractivity contribution >= 4 is 23.1 Å². The smallest absolute Gasteiger partial charge is 0.126 e. The lowest BCUT2D eigenvalue weighted by Crippen LogP contribution is -1.97. The van der Waals surface area contributed by atoms with E-state index in [9.17, 15) is 0 Å². The highest BCUT2D eigenvalue weighted by Gasteiger charge is 2.06. The van der Waals surface area contributed by atoms with Crippen molar-refractivity contribution in [2.45, 2.75) is 6.92 Å². The number of halogens is 1. The summed E-state index contributed by atoms with van der Waals surface area (Å²) in [6.45, 7) is 1.87. The molecule has 65 valence electrons. The molecule has 0 saturated carbocycles. The van der Waals surface area contributed by atoms with Crippen LogP contribution in [0.4, 0.5) is 0 Å². The van der Waals surface area contributed by atoms with Crippen LogP contribution in [0.25, 0.3) is 5.70 Å². The number of hydrogen-bond donors (Lipinski definition) is 0. The van der Waals surface area contributed by atoms with Crippen LogP contribution < -0.4 is 5.32 Å². The number of amidine groups is 1. The SMILES string of the molecule is CC1=NC(c2ccc(Cl)cc2)=C[N]1. The van der Waals surface area contributed by atoms with Crippen LogP contribution in [0.5, 0.6) is 0 Å². The maximum absolute atomic E-state index is 5.77. The molecule has 1 aliphatic rings. The third-order valence-electron chi connectivity index (χ3n) is 1.80. The Kier molecular flexibility index (Phi) is 2.07. The lowest BCUT2D eigenvalue weighted by atomic mass is 10.2. The molecule has 0 fully saturated rings. The maximum atomic E-state index is 5.77. The molecule has 2 nitrogen and oxygen atoms in total. The lowest BCUT2D eigenvalue weighted by molar-refractivity contribution is 1.28. The molecule has 3 heteroatoms. The van der Waals surface area contributed by atoms with Gasteiger partial charge in [-0.3, -0.25) is 0 Å². The van der Waals surface area contributed by atoms with Crippen LogP contribution in [-0.2, 0) is 0 Å². The molecular formula is C10H8ClN2. The van der Waals surface area contributed by atoms with Crippen molar-refractivity contribution in [3.05, 3.63) is 41.1 Å².